The molecule has 2 fully saturated rings. The van der Waals surface area contributed by atoms with Crippen molar-refractivity contribution < 1.29 is 0 Å². The third-order valence-electron chi connectivity index (χ3n) is 4.65. The molecule has 0 aliphatic heterocycles. The molecule has 2 unspecified atom stereocenters. The molecule has 2 aliphatic carbocycles. The van der Waals surface area contributed by atoms with Crippen LogP contribution in [-0.2, 0) is 0 Å². The number of nitrogens with zero attached hydrogens (tertiary/aromatic N) is 1. The number of hydrogen-bond acceptors (Lipinski definition) is 1. The van der Waals surface area contributed by atoms with Gasteiger partial charge in [-0.15, -0.1) is 0 Å². The minimum Gasteiger partial charge on any atom is -0.300 e. The fourth-order valence-electron chi connectivity index (χ4n) is 3.10. The van der Waals surface area contributed by atoms with E-state index in [1.54, 1.807) is 0 Å². The third kappa shape index (κ3) is 2.96. The third-order valence-corrected chi connectivity index (χ3v) is 4.65. The van der Waals surface area contributed by atoms with Gasteiger partial charge in [-0.2, -0.15) is 0 Å². The van der Waals surface area contributed by atoms with Crippen molar-refractivity contribution in [3.63, 3.8) is 0 Å². The van der Waals surface area contributed by atoms with Crippen LogP contribution in [0.25, 0.3) is 0 Å². The zero-order chi connectivity index (χ0) is 10.8. The summed E-state index contributed by atoms with van der Waals surface area (Å²) in [6, 6.07) is 0.916. The maximum absolute atomic E-state index is 2.76. The molecule has 2 rings (SSSR count). The molecular weight excluding hydrogens is 182 g/mol. The zero-order valence-corrected chi connectivity index (χ0v) is 10.7. The second-order valence-corrected chi connectivity index (χ2v) is 5.97. The van der Waals surface area contributed by atoms with E-state index in [0.717, 1.165) is 23.8 Å². The molecule has 0 radical (unpaired) electrons. The molecule has 88 valence electrons. The first kappa shape index (κ1) is 11.4. The zero-order valence-electron chi connectivity index (χ0n) is 10.7. The normalized spacial score (nSPS) is 40.8. The summed E-state index contributed by atoms with van der Waals surface area (Å²) in [6.45, 7) is 9.81. The van der Waals surface area contributed by atoms with Crippen LogP contribution < -0.4 is 0 Å². The number of hydrogen-bond donors (Lipinski definition) is 0. The van der Waals surface area contributed by atoms with Crippen molar-refractivity contribution in [2.45, 2.75) is 58.9 Å². The van der Waals surface area contributed by atoms with Crippen LogP contribution >= 0.6 is 0 Å². The van der Waals surface area contributed by atoms with Gasteiger partial charge < -0.3 is 4.90 Å². The van der Waals surface area contributed by atoms with Gasteiger partial charge in [-0.3, -0.25) is 0 Å². The highest BCUT2D eigenvalue weighted by Gasteiger charge is 2.35. The summed E-state index contributed by atoms with van der Waals surface area (Å²) in [7, 11) is 0. The Morgan fingerprint density at radius 3 is 2.13 bits per heavy atom. The van der Waals surface area contributed by atoms with Crippen molar-refractivity contribution >= 4 is 0 Å². The van der Waals surface area contributed by atoms with Crippen LogP contribution in [0.15, 0.2) is 0 Å². The van der Waals surface area contributed by atoms with Crippen LogP contribution in [0.4, 0.5) is 0 Å². The van der Waals surface area contributed by atoms with E-state index in [1.165, 1.54) is 45.2 Å². The Morgan fingerprint density at radius 1 is 1.07 bits per heavy atom. The Hall–Kier alpha value is -0.0400. The molecule has 0 amide bonds. The van der Waals surface area contributed by atoms with Gasteiger partial charge in [0, 0.05) is 12.6 Å². The van der Waals surface area contributed by atoms with Crippen molar-refractivity contribution in [1.29, 1.82) is 0 Å². The Morgan fingerprint density at radius 2 is 1.67 bits per heavy atom. The predicted octanol–water partition coefficient (Wildman–Crippen LogP) is 3.54. The standard InChI is InChI=1S/C14H27N/c1-4-15(10-13-9-12(13)3)14-7-5-11(2)6-8-14/h11-14H,4-10H2,1-3H3. The van der Waals surface area contributed by atoms with E-state index in [4.69, 9.17) is 0 Å². The van der Waals surface area contributed by atoms with Crippen LogP contribution in [0.2, 0.25) is 0 Å². The van der Waals surface area contributed by atoms with E-state index < -0.39 is 0 Å². The van der Waals surface area contributed by atoms with Crippen molar-refractivity contribution in [1.82, 2.24) is 4.90 Å². The van der Waals surface area contributed by atoms with Gasteiger partial charge in [0.05, 0.1) is 0 Å². The Labute approximate surface area is 95.2 Å². The molecule has 0 aromatic heterocycles. The molecule has 15 heavy (non-hydrogen) atoms. The van der Waals surface area contributed by atoms with Crippen LogP contribution in [0.3, 0.4) is 0 Å². The average Bonchev–Trinajstić information content (AvgIpc) is 2.92. The maximum atomic E-state index is 2.76. The quantitative estimate of drug-likeness (QED) is 0.684. The molecule has 2 atom stereocenters. The van der Waals surface area contributed by atoms with E-state index in [0.29, 0.717) is 0 Å². The van der Waals surface area contributed by atoms with Gasteiger partial charge in [0.25, 0.3) is 0 Å². The molecule has 0 saturated heterocycles. The van der Waals surface area contributed by atoms with Gasteiger partial charge in [-0.05, 0) is 56.4 Å². The lowest BCUT2D eigenvalue weighted by atomic mass is 9.86. The van der Waals surface area contributed by atoms with Crippen molar-refractivity contribution in [3.8, 4) is 0 Å². The van der Waals surface area contributed by atoms with Gasteiger partial charge >= 0.3 is 0 Å². The summed E-state index contributed by atoms with van der Waals surface area (Å²) in [5.74, 6) is 3.03. The summed E-state index contributed by atoms with van der Waals surface area (Å²) in [4.78, 5) is 2.76. The van der Waals surface area contributed by atoms with E-state index in [2.05, 4.69) is 25.7 Å². The first-order valence-electron chi connectivity index (χ1n) is 6.94. The summed E-state index contributed by atoms with van der Waals surface area (Å²) in [5, 5.41) is 0. The molecule has 0 aromatic rings. The minimum atomic E-state index is 0.916. The molecule has 0 spiro atoms. The van der Waals surface area contributed by atoms with Crippen LogP contribution in [0.5, 0.6) is 0 Å². The van der Waals surface area contributed by atoms with E-state index in [1.807, 2.05) is 0 Å². The molecule has 0 N–H and O–H groups in total. The van der Waals surface area contributed by atoms with E-state index >= 15 is 0 Å². The summed E-state index contributed by atoms with van der Waals surface area (Å²) in [5.41, 5.74) is 0. The second-order valence-electron chi connectivity index (χ2n) is 5.97. The largest absolute Gasteiger partial charge is 0.300 e. The summed E-state index contributed by atoms with van der Waals surface area (Å²) >= 11 is 0. The molecular formula is C14H27N. The Bertz CT molecular complexity index is 194. The highest BCUT2D eigenvalue weighted by atomic mass is 15.2. The molecule has 0 bridgehead atoms. The average molecular weight is 209 g/mol. The van der Waals surface area contributed by atoms with Crippen LogP contribution in [-0.4, -0.2) is 24.0 Å². The highest BCUT2D eigenvalue weighted by molar-refractivity contribution is 4.87. The van der Waals surface area contributed by atoms with Gasteiger partial charge in [-0.25, -0.2) is 0 Å². The Balaban J connectivity index is 1.78. The van der Waals surface area contributed by atoms with Gasteiger partial charge in [0.1, 0.15) is 0 Å². The van der Waals surface area contributed by atoms with Crippen molar-refractivity contribution in [2.75, 3.05) is 13.1 Å². The van der Waals surface area contributed by atoms with Crippen LogP contribution in [0, 0.1) is 17.8 Å². The molecule has 2 aliphatic rings. The van der Waals surface area contributed by atoms with Gasteiger partial charge in [0.15, 0.2) is 0 Å². The number of rotatable bonds is 4. The minimum absolute atomic E-state index is 0.916. The Kier molecular flexibility index (Phi) is 3.71. The molecule has 0 heterocycles. The van der Waals surface area contributed by atoms with Crippen molar-refractivity contribution in [3.05, 3.63) is 0 Å². The predicted molar refractivity (Wildman–Crippen MR) is 65.9 cm³/mol. The molecule has 0 aromatic carbocycles. The molecule has 2 saturated carbocycles. The first-order valence-corrected chi connectivity index (χ1v) is 6.94. The highest BCUT2D eigenvalue weighted by Crippen LogP contribution is 2.39. The topological polar surface area (TPSA) is 3.24 Å². The SMILES string of the molecule is CCN(CC1CC1C)C1CCC(C)CC1. The lowest BCUT2D eigenvalue weighted by Gasteiger charge is -2.35. The van der Waals surface area contributed by atoms with Crippen molar-refractivity contribution in [2.24, 2.45) is 17.8 Å². The molecule has 1 nitrogen and oxygen atoms in total. The van der Waals surface area contributed by atoms with Gasteiger partial charge in [-0.1, -0.05) is 20.8 Å². The monoisotopic (exact) mass is 209 g/mol. The first-order chi connectivity index (χ1) is 7.20. The second kappa shape index (κ2) is 4.86. The van der Waals surface area contributed by atoms with Gasteiger partial charge in [0.2, 0.25) is 0 Å². The lowest BCUT2D eigenvalue weighted by Crippen LogP contribution is -2.39. The van der Waals surface area contributed by atoms with Crippen LogP contribution in [0.1, 0.15) is 52.9 Å². The lowest BCUT2D eigenvalue weighted by molar-refractivity contribution is 0.139. The van der Waals surface area contributed by atoms with E-state index in [-0.39, 0.29) is 0 Å². The maximum Gasteiger partial charge on any atom is 0.00954 e. The fourth-order valence-corrected chi connectivity index (χ4v) is 3.10. The molecule has 1 heteroatoms. The van der Waals surface area contributed by atoms with E-state index in [9.17, 15) is 0 Å². The smallest absolute Gasteiger partial charge is 0.00954 e. The fraction of sp³-hybridized carbons (Fsp3) is 1.00. The summed E-state index contributed by atoms with van der Waals surface area (Å²) in [6.07, 6.45) is 7.31. The summed E-state index contributed by atoms with van der Waals surface area (Å²) < 4.78 is 0.